The van der Waals surface area contributed by atoms with Gasteiger partial charge in [-0.2, -0.15) is 0 Å². The van der Waals surface area contributed by atoms with E-state index in [-0.39, 0.29) is 0 Å². The lowest BCUT2D eigenvalue weighted by molar-refractivity contribution is 0.603. The molecule has 3 nitrogen and oxygen atoms in total. The SMILES string of the molecule is CN(C)c1ccc(C=Cc2ccc3ccoc3n2)cc1. The zero-order valence-electron chi connectivity index (χ0n) is 11.6. The second-order valence-corrected chi connectivity index (χ2v) is 4.87. The minimum Gasteiger partial charge on any atom is -0.446 e. The Morgan fingerprint density at radius 3 is 2.50 bits per heavy atom. The molecule has 20 heavy (non-hydrogen) atoms. The average Bonchev–Trinajstić information content (AvgIpc) is 2.93. The van der Waals surface area contributed by atoms with Gasteiger partial charge in [-0.15, -0.1) is 0 Å². The van der Waals surface area contributed by atoms with E-state index >= 15 is 0 Å². The van der Waals surface area contributed by atoms with Crippen LogP contribution in [0.25, 0.3) is 23.3 Å². The fraction of sp³-hybridized carbons (Fsp3) is 0.118. The van der Waals surface area contributed by atoms with E-state index in [4.69, 9.17) is 4.42 Å². The van der Waals surface area contributed by atoms with Crippen molar-refractivity contribution >= 4 is 28.9 Å². The van der Waals surface area contributed by atoms with Gasteiger partial charge in [0.25, 0.3) is 0 Å². The van der Waals surface area contributed by atoms with Gasteiger partial charge >= 0.3 is 0 Å². The molecule has 0 fully saturated rings. The lowest BCUT2D eigenvalue weighted by atomic mass is 10.1. The van der Waals surface area contributed by atoms with Crippen LogP contribution in [0.3, 0.4) is 0 Å². The third-order valence-electron chi connectivity index (χ3n) is 3.19. The molecular weight excluding hydrogens is 248 g/mol. The van der Waals surface area contributed by atoms with Crippen LogP contribution in [0.2, 0.25) is 0 Å². The molecule has 0 amide bonds. The van der Waals surface area contributed by atoms with E-state index in [2.05, 4.69) is 40.2 Å². The number of anilines is 1. The van der Waals surface area contributed by atoms with Gasteiger partial charge in [-0.3, -0.25) is 0 Å². The highest BCUT2D eigenvalue weighted by Gasteiger charge is 1.98. The lowest BCUT2D eigenvalue weighted by Crippen LogP contribution is -2.07. The molecule has 1 aromatic carbocycles. The highest BCUT2D eigenvalue weighted by molar-refractivity contribution is 5.76. The van der Waals surface area contributed by atoms with E-state index in [1.165, 1.54) is 5.69 Å². The van der Waals surface area contributed by atoms with Crippen LogP contribution >= 0.6 is 0 Å². The number of fused-ring (bicyclic) bond motifs is 1. The quantitative estimate of drug-likeness (QED) is 0.714. The Kier molecular flexibility index (Phi) is 3.25. The van der Waals surface area contributed by atoms with Crippen LogP contribution in [-0.4, -0.2) is 19.1 Å². The average molecular weight is 264 g/mol. The van der Waals surface area contributed by atoms with Gasteiger partial charge in [0.05, 0.1) is 12.0 Å². The van der Waals surface area contributed by atoms with Gasteiger partial charge in [0, 0.05) is 25.2 Å². The molecule has 0 unspecified atom stereocenters. The van der Waals surface area contributed by atoms with E-state index in [0.717, 1.165) is 16.6 Å². The van der Waals surface area contributed by atoms with E-state index in [1.54, 1.807) is 6.26 Å². The van der Waals surface area contributed by atoms with Crippen molar-refractivity contribution in [2.45, 2.75) is 0 Å². The molecule has 100 valence electrons. The maximum atomic E-state index is 5.30. The minimum absolute atomic E-state index is 0.676. The second kappa shape index (κ2) is 5.21. The molecular formula is C17H16N2O. The Hall–Kier alpha value is -2.55. The number of furan rings is 1. The molecule has 0 saturated carbocycles. The topological polar surface area (TPSA) is 29.3 Å². The fourth-order valence-corrected chi connectivity index (χ4v) is 2.02. The smallest absolute Gasteiger partial charge is 0.226 e. The van der Waals surface area contributed by atoms with Gasteiger partial charge in [0.1, 0.15) is 0 Å². The van der Waals surface area contributed by atoms with Gasteiger partial charge in [-0.1, -0.05) is 18.2 Å². The van der Waals surface area contributed by atoms with Crippen molar-refractivity contribution in [1.82, 2.24) is 4.98 Å². The van der Waals surface area contributed by atoms with E-state index < -0.39 is 0 Å². The number of nitrogens with zero attached hydrogens (tertiary/aromatic N) is 2. The summed E-state index contributed by atoms with van der Waals surface area (Å²) in [6, 6.07) is 14.3. The van der Waals surface area contributed by atoms with Crippen LogP contribution in [0.15, 0.2) is 53.1 Å². The van der Waals surface area contributed by atoms with Crippen LogP contribution < -0.4 is 4.90 Å². The maximum Gasteiger partial charge on any atom is 0.226 e. The first-order valence-electron chi connectivity index (χ1n) is 6.52. The monoisotopic (exact) mass is 264 g/mol. The summed E-state index contributed by atoms with van der Waals surface area (Å²) in [6.07, 6.45) is 5.70. The number of aromatic nitrogens is 1. The summed E-state index contributed by atoms with van der Waals surface area (Å²) in [4.78, 5) is 6.52. The van der Waals surface area contributed by atoms with Crippen LogP contribution in [0.1, 0.15) is 11.3 Å². The Balaban J connectivity index is 1.82. The molecule has 0 N–H and O–H groups in total. The summed E-state index contributed by atoms with van der Waals surface area (Å²) in [5.41, 5.74) is 3.91. The van der Waals surface area contributed by atoms with Crippen LogP contribution in [0.4, 0.5) is 5.69 Å². The number of benzene rings is 1. The molecule has 0 aliphatic rings. The van der Waals surface area contributed by atoms with Gasteiger partial charge in [-0.25, -0.2) is 4.98 Å². The molecule has 0 aliphatic carbocycles. The van der Waals surface area contributed by atoms with Crippen molar-refractivity contribution in [3.8, 4) is 0 Å². The standard InChI is InChI=1S/C17H16N2O/c1-19(2)16-9-4-13(5-10-16)3-7-15-8-6-14-11-12-20-17(14)18-15/h3-12H,1-2H3. The molecule has 3 aromatic rings. The van der Waals surface area contributed by atoms with Crippen molar-refractivity contribution in [3.63, 3.8) is 0 Å². The molecule has 0 spiro atoms. The number of hydrogen-bond acceptors (Lipinski definition) is 3. The van der Waals surface area contributed by atoms with Crippen molar-refractivity contribution in [1.29, 1.82) is 0 Å². The third kappa shape index (κ3) is 2.57. The minimum atomic E-state index is 0.676. The van der Waals surface area contributed by atoms with Crippen LogP contribution in [-0.2, 0) is 0 Å². The highest BCUT2D eigenvalue weighted by atomic mass is 16.3. The fourth-order valence-electron chi connectivity index (χ4n) is 2.02. The van der Waals surface area contributed by atoms with Crippen molar-refractivity contribution < 1.29 is 4.42 Å². The summed E-state index contributed by atoms with van der Waals surface area (Å²) in [6.45, 7) is 0. The zero-order valence-corrected chi connectivity index (χ0v) is 11.6. The first kappa shape index (κ1) is 12.5. The van der Waals surface area contributed by atoms with Crippen LogP contribution in [0, 0.1) is 0 Å². The van der Waals surface area contributed by atoms with E-state index in [0.29, 0.717) is 5.71 Å². The molecule has 3 rings (SSSR count). The van der Waals surface area contributed by atoms with Crippen molar-refractivity contribution in [2.24, 2.45) is 0 Å². The van der Waals surface area contributed by atoms with E-state index in [9.17, 15) is 0 Å². The van der Waals surface area contributed by atoms with Crippen LogP contribution in [0.5, 0.6) is 0 Å². The summed E-state index contributed by atoms with van der Waals surface area (Å²) in [7, 11) is 4.07. The Labute approximate surface area is 118 Å². The Bertz CT molecular complexity index is 739. The predicted octanol–water partition coefficient (Wildman–Crippen LogP) is 4.06. The van der Waals surface area contributed by atoms with Gasteiger partial charge in [-0.05, 0) is 42.0 Å². The largest absolute Gasteiger partial charge is 0.446 e. The Morgan fingerprint density at radius 2 is 1.75 bits per heavy atom. The molecule has 0 radical (unpaired) electrons. The Morgan fingerprint density at radius 1 is 0.950 bits per heavy atom. The summed E-state index contributed by atoms with van der Waals surface area (Å²) < 4.78 is 5.30. The van der Waals surface area contributed by atoms with Crippen molar-refractivity contribution in [2.75, 3.05) is 19.0 Å². The highest BCUT2D eigenvalue weighted by Crippen LogP contribution is 2.16. The van der Waals surface area contributed by atoms with E-state index in [1.807, 2.05) is 38.4 Å². The number of pyridine rings is 1. The molecule has 0 saturated heterocycles. The zero-order chi connectivity index (χ0) is 13.9. The summed E-state index contributed by atoms with van der Waals surface area (Å²) in [5, 5.41) is 1.03. The molecule has 2 aromatic heterocycles. The normalized spacial score (nSPS) is 11.3. The first-order chi connectivity index (χ1) is 9.72. The third-order valence-corrected chi connectivity index (χ3v) is 3.19. The maximum absolute atomic E-state index is 5.30. The summed E-state index contributed by atoms with van der Waals surface area (Å²) in [5.74, 6) is 0. The van der Waals surface area contributed by atoms with Gasteiger partial charge in [0.15, 0.2) is 0 Å². The molecule has 0 aliphatic heterocycles. The molecule has 0 bridgehead atoms. The molecule has 3 heteroatoms. The van der Waals surface area contributed by atoms with Gasteiger partial charge < -0.3 is 9.32 Å². The van der Waals surface area contributed by atoms with Crippen molar-refractivity contribution in [3.05, 3.63) is 60.0 Å². The number of rotatable bonds is 3. The number of hydrogen-bond donors (Lipinski definition) is 0. The second-order valence-electron chi connectivity index (χ2n) is 4.87. The summed E-state index contributed by atoms with van der Waals surface area (Å²) >= 11 is 0. The van der Waals surface area contributed by atoms with Gasteiger partial charge in [0.2, 0.25) is 5.71 Å². The first-order valence-corrected chi connectivity index (χ1v) is 6.52. The molecule has 0 atom stereocenters. The molecule has 2 heterocycles. The lowest BCUT2D eigenvalue weighted by Gasteiger charge is -2.11. The predicted molar refractivity (Wildman–Crippen MR) is 83.7 cm³/mol.